The lowest BCUT2D eigenvalue weighted by atomic mass is 10.4. The lowest BCUT2D eigenvalue weighted by molar-refractivity contribution is -0.671. The first-order valence-corrected chi connectivity index (χ1v) is 4.51. The molecule has 0 aliphatic carbocycles. The lowest BCUT2D eigenvalue weighted by Gasteiger charge is -1.98. The van der Waals surface area contributed by atoms with Gasteiger partial charge in [0.15, 0.2) is 0 Å². The van der Waals surface area contributed by atoms with Gasteiger partial charge < -0.3 is 5.73 Å². The van der Waals surface area contributed by atoms with Crippen LogP contribution in [0.2, 0.25) is 0 Å². The summed E-state index contributed by atoms with van der Waals surface area (Å²) in [6, 6.07) is 0. The summed E-state index contributed by atoms with van der Waals surface area (Å²) >= 11 is 3.30. The van der Waals surface area contributed by atoms with Crippen LogP contribution >= 0.6 is 15.9 Å². The number of nitrogens with two attached hydrogens (primary N) is 1. The molecule has 0 aliphatic rings. The Morgan fingerprint density at radius 1 is 1.73 bits per heavy atom. The minimum Gasteiger partial charge on any atom is -0.319 e. The van der Waals surface area contributed by atoms with E-state index in [1.807, 2.05) is 30.3 Å². The van der Waals surface area contributed by atoms with E-state index >= 15 is 0 Å². The molecule has 62 valence electrons. The number of rotatable bonds is 3. The molecule has 0 radical (unpaired) electrons. The molecule has 0 aliphatic heterocycles. The van der Waals surface area contributed by atoms with Crippen LogP contribution < -0.4 is 10.3 Å². The van der Waals surface area contributed by atoms with Gasteiger partial charge in [-0.25, -0.2) is 9.13 Å². The molecule has 1 aromatic heterocycles. The van der Waals surface area contributed by atoms with Crippen LogP contribution in [0, 0.1) is 0 Å². The fourth-order valence-electron chi connectivity index (χ4n) is 0.906. The van der Waals surface area contributed by atoms with Gasteiger partial charge in [0.1, 0.15) is 12.4 Å². The molecule has 0 saturated carbocycles. The Morgan fingerprint density at radius 2 is 2.45 bits per heavy atom. The SMILES string of the molecule is C[n+]1ccn(CCC(N)Br)c1. The van der Waals surface area contributed by atoms with E-state index in [0.717, 1.165) is 13.0 Å². The van der Waals surface area contributed by atoms with Crippen LogP contribution in [0.4, 0.5) is 0 Å². The Balaban J connectivity index is 2.39. The predicted octanol–water partition coefficient (Wildman–Crippen LogP) is 0.382. The van der Waals surface area contributed by atoms with Gasteiger partial charge in [-0.2, -0.15) is 0 Å². The summed E-state index contributed by atoms with van der Waals surface area (Å²) in [7, 11) is 2.00. The lowest BCUT2D eigenvalue weighted by Crippen LogP contribution is -2.24. The number of nitrogens with zero attached hydrogens (tertiary/aromatic N) is 2. The van der Waals surface area contributed by atoms with Crippen LogP contribution in [-0.4, -0.2) is 9.52 Å². The average molecular weight is 219 g/mol. The highest BCUT2D eigenvalue weighted by Gasteiger charge is 2.01. The molecule has 1 rings (SSSR count). The van der Waals surface area contributed by atoms with Crippen molar-refractivity contribution in [3.63, 3.8) is 0 Å². The molecule has 1 heterocycles. The maximum absolute atomic E-state index is 5.54. The van der Waals surface area contributed by atoms with Gasteiger partial charge in [0.2, 0.25) is 6.33 Å². The molecular weight excluding hydrogens is 206 g/mol. The van der Waals surface area contributed by atoms with Crippen LogP contribution in [0.15, 0.2) is 18.7 Å². The Labute approximate surface area is 74.9 Å². The number of aromatic nitrogens is 2. The third-order valence-corrected chi connectivity index (χ3v) is 1.94. The topological polar surface area (TPSA) is 34.8 Å². The van der Waals surface area contributed by atoms with Crippen molar-refractivity contribution in [3.8, 4) is 0 Å². The maximum atomic E-state index is 5.54. The van der Waals surface area contributed by atoms with Crippen molar-refractivity contribution in [1.82, 2.24) is 4.57 Å². The molecular formula is C7H13BrN3+. The summed E-state index contributed by atoms with van der Waals surface area (Å²) in [6.45, 7) is 0.966. The molecule has 3 nitrogen and oxygen atoms in total. The van der Waals surface area contributed by atoms with Gasteiger partial charge >= 0.3 is 0 Å². The van der Waals surface area contributed by atoms with E-state index in [0.29, 0.717) is 0 Å². The average Bonchev–Trinajstić information content (AvgIpc) is 2.31. The Bertz CT molecular complexity index is 219. The van der Waals surface area contributed by atoms with Crippen molar-refractivity contribution in [2.45, 2.75) is 17.9 Å². The third kappa shape index (κ3) is 3.03. The molecule has 1 unspecified atom stereocenters. The predicted molar refractivity (Wildman–Crippen MR) is 47.1 cm³/mol. The summed E-state index contributed by atoms with van der Waals surface area (Å²) < 4.78 is 4.13. The van der Waals surface area contributed by atoms with Crippen LogP contribution in [0.1, 0.15) is 6.42 Å². The van der Waals surface area contributed by atoms with Crippen molar-refractivity contribution < 1.29 is 4.57 Å². The molecule has 0 bridgehead atoms. The smallest absolute Gasteiger partial charge is 0.243 e. The van der Waals surface area contributed by atoms with E-state index in [9.17, 15) is 0 Å². The highest BCUT2D eigenvalue weighted by Crippen LogP contribution is 1.98. The van der Waals surface area contributed by atoms with Crippen molar-refractivity contribution in [2.75, 3.05) is 0 Å². The molecule has 11 heavy (non-hydrogen) atoms. The fraction of sp³-hybridized carbons (Fsp3) is 0.571. The summed E-state index contributed by atoms with van der Waals surface area (Å²) in [4.78, 5) is 0.107. The number of imidazole rings is 1. The van der Waals surface area contributed by atoms with E-state index in [-0.39, 0.29) is 4.95 Å². The van der Waals surface area contributed by atoms with E-state index in [4.69, 9.17) is 5.73 Å². The maximum Gasteiger partial charge on any atom is 0.243 e. The second kappa shape index (κ2) is 3.88. The first-order valence-electron chi connectivity index (χ1n) is 3.59. The standard InChI is InChI=1S/C7H13BrN3/c1-10-4-5-11(6-10)3-2-7(8)9/h4-7H,2-3,9H2,1H3/q+1. The fourth-order valence-corrected chi connectivity index (χ4v) is 1.11. The quantitative estimate of drug-likeness (QED) is 0.445. The van der Waals surface area contributed by atoms with Gasteiger partial charge in [-0.05, 0) is 0 Å². The molecule has 0 aromatic carbocycles. The second-order valence-corrected chi connectivity index (χ2v) is 3.80. The number of hydrogen-bond donors (Lipinski definition) is 1. The first-order chi connectivity index (χ1) is 5.18. The van der Waals surface area contributed by atoms with Crippen molar-refractivity contribution in [1.29, 1.82) is 0 Å². The third-order valence-electron chi connectivity index (χ3n) is 1.49. The zero-order valence-electron chi connectivity index (χ0n) is 6.57. The molecule has 0 fully saturated rings. The Hall–Kier alpha value is -0.350. The van der Waals surface area contributed by atoms with E-state index in [2.05, 4.69) is 20.5 Å². The summed E-state index contributed by atoms with van der Waals surface area (Å²) in [5.74, 6) is 0. The number of halogens is 1. The van der Waals surface area contributed by atoms with Crippen molar-refractivity contribution in [2.24, 2.45) is 12.8 Å². The molecule has 0 saturated heterocycles. The second-order valence-electron chi connectivity index (χ2n) is 2.62. The highest BCUT2D eigenvalue weighted by atomic mass is 79.9. The number of aryl methyl sites for hydroxylation is 2. The van der Waals surface area contributed by atoms with Gasteiger partial charge in [-0.1, -0.05) is 15.9 Å². The first kappa shape index (κ1) is 8.74. The molecule has 4 heteroatoms. The summed E-state index contributed by atoms with van der Waals surface area (Å²) in [5.41, 5.74) is 5.54. The van der Waals surface area contributed by atoms with Gasteiger partial charge in [0.05, 0.1) is 18.5 Å². The molecule has 2 N–H and O–H groups in total. The zero-order valence-corrected chi connectivity index (χ0v) is 8.16. The van der Waals surface area contributed by atoms with E-state index in [1.165, 1.54) is 0 Å². The number of alkyl halides is 1. The van der Waals surface area contributed by atoms with Crippen molar-refractivity contribution in [3.05, 3.63) is 18.7 Å². The van der Waals surface area contributed by atoms with Crippen LogP contribution in [-0.2, 0) is 13.6 Å². The minimum absolute atomic E-state index is 0.107. The van der Waals surface area contributed by atoms with Gasteiger partial charge in [-0.3, -0.25) is 0 Å². The van der Waals surface area contributed by atoms with Crippen molar-refractivity contribution >= 4 is 15.9 Å². The molecule has 0 amide bonds. The normalized spacial score (nSPS) is 13.4. The Kier molecular flexibility index (Phi) is 3.08. The summed E-state index contributed by atoms with van der Waals surface area (Å²) in [6.07, 6.45) is 7.04. The number of hydrogen-bond acceptors (Lipinski definition) is 1. The minimum atomic E-state index is 0.107. The highest BCUT2D eigenvalue weighted by molar-refractivity contribution is 9.09. The monoisotopic (exact) mass is 218 g/mol. The molecule has 0 spiro atoms. The van der Waals surface area contributed by atoms with E-state index in [1.54, 1.807) is 0 Å². The van der Waals surface area contributed by atoms with Gasteiger partial charge in [0.25, 0.3) is 0 Å². The Morgan fingerprint density at radius 3 is 2.91 bits per heavy atom. The van der Waals surface area contributed by atoms with Gasteiger partial charge in [-0.15, -0.1) is 0 Å². The van der Waals surface area contributed by atoms with Crippen LogP contribution in [0.25, 0.3) is 0 Å². The largest absolute Gasteiger partial charge is 0.319 e. The van der Waals surface area contributed by atoms with E-state index < -0.39 is 0 Å². The van der Waals surface area contributed by atoms with Crippen LogP contribution in [0.5, 0.6) is 0 Å². The van der Waals surface area contributed by atoms with Crippen LogP contribution in [0.3, 0.4) is 0 Å². The molecule has 1 atom stereocenters. The molecule has 1 aromatic rings. The zero-order chi connectivity index (χ0) is 8.27. The summed E-state index contributed by atoms with van der Waals surface area (Å²) in [5, 5.41) is 0. The van der Waals surface area contributed by atoms with Gasteiger partial charge in [0, 0.05) is 6.42 Å².